The number of amides is 1. The first-order valence-electron chi connectivity index (χ1n) is 7.03. The maximum absolute atomic E-state index is 12.0. The SMILES string of the molecule is O=C(CC1CCS(=O)(=O)C1)Nc1nc(-c2ccccc2)cs1. The summed E-state index contributed by atoms with van der Waals surface area (Å²) in [5.41, 5.74) is 1.82. The fourth-order valence-corrected chi connectivity index (χ4v) is 5.14. The van der Waals surface area contributed by atoms with Gasteiger partial charge in [0.25, 0.3) is 0 Å². The van der Waals surface area contributed by atoms with E-state index in [1.54, 1.807) is 0 Å². The van der Waals surface area contributed by atoms with Crippen molar-refractivity contribution in [1.29, 1.82) is 0 Å². The maximum atomic E-state index is 12.0. The van der Waals surface area contributed by atoms with Crippen LogP contribution in [0.5, 0.6) is 0 Å². The van der Waals surface area contributed by atoms with Gasteiger partial charge in [0.2, 0.25) is 5.91 Å². The quantitative estimate of drug-likeness (QED) is 0.931. The fraction of sp³-hybridized carbons (Fsp3) is 0.333. The van der Waals surface area contributed by atoms with Gasteiger partial charge in [-0.3, -0.25) is 4.79 Å². The molecule has 0 bridgehead atoms. The smallest absolute Gasteiger partial charge is 0.226 e. The number of anilines is 1. The molecule has 0 aliphatic carbocycles. The number of nitrogens with one attached hydrogen (secondary N) is 1. The summed E-state index contributed by atoms with van der Waals surface area (Å²) in [5, 5.41) is 5.20. The number of aromatic nitrogens is 1. The molecule has 0 saturated carbocycles. The third-order valence-electron chi connectivity index (χ3n) is 3.62. The molecule has 1 N–H and O–H groups in total. The summed E-state index contributed by atoms with van der Waals surface area (Å²) in [6.07, 6.45) is 0.808. The van der Waals surface area contributed by atoms with Crippen LogP contribution in [0.4, 0.5) is 5.13 Å². The zero-order valence-electron chi connectivity index (χ0n) is 11.9. The van der Waals surface area contributed by atoms with Crippen LogP contribution in [0.15, 0.2) is 35.7 Å². The molecule has 1 aliphatic rings. The molecule has 7 heteroatoms. The summed E-state index contributed by atoms with van der Waals surface area (Å²) in [7, 11) is -2.94. The Hall–Kier alpha value is -1.73. The van der Waals surface area contributed by atoms with E-state index >= 15 is 0 Å². The normalized spacial score (nSPS) is 19.9. The average molecular weight is 336 g/mol. The lowest BCUT2D eigenvalue weighted by atomic mass is 10.1. The molecule has 116 valence electrons. The predicted octanol–water partition coefficient (Wildman–Crippen LogP) is 2.57. The second kappa shape index (κ2) is 6.18. The highest BCUT2D eigenvalue weighted by atomic mass is 32.2. The van der Waals surface area contributed by atoms with Crippen molar-refractivity contribution < 1.29 is 13.2 Å². The van der Waals surface area contributed by atoms with Gasteiger partial charge in [-0.15, -0.1) is 11.3 Å². The van der Waals surface area contributed by atoms with E-state index in [2.05, 4.69) is 10.3 Å². The highest BCUT2D eigenvalue weighted by molar-refractivity contribution is 7.91. The van der Waals surface area contributed by atoms with Crippen LogP contribution >= 0.6 is 11.3 Å². The van der Waals surface area contributed by atoms with Crippen molar-refractivity contribution in [3.63, 3.8) is 0 Å². The van der Waals surface area contributed by atoms with Crippen LogP contribution in [-0.4, -0.2) is 30.8 Å². The number of rotatable bonds is 4. The van der Waals surface area contributed by atoms with E-state index in [0.717, 1.165) is 11.3 Å². The molecule has 1 unspecified atom stereocenters. The highest BCUT2D eigenvalue weighted by Gasteiger charge is 2.29. The Bertz CT molecular complexity index is 769. The Morgan fingerprint density at radius 1 is 1.32 bits per heavy atom. The van der Waals surface area contributed by atoms with Crippen LogP contribution in [0.2, 0.25) is 0 Å². The molecule has 1 aromatic heterocycles. The number of nitrogens with zero attached hydrogens (tertiary/aromatic N) is 1. The van der Waals surface area contributed by atoms with Gasteiger partial charge in [0.1, 0.15) is 0 Å². The van der Waals surface area contributed by atoms with Gasteiger partial charge >= 0.3 is 0 Å². The standard InChI is InChI=1S/C15H16N2O3S2/c18-14(8-11-6-7-22(19,20)10-11)17-15-16-13(9-21-15)12-4-2-1-3-5-12/h1-5,9,11H,6-8,10H2,(H,16,17,18). The van der Waals surface area contributed by atoms with Crippen LogP contribution in [0.3, 0.4) is 0 Å². The van der Waals surface area contributed by atoms with Gasteiger partial charge in [0.05, 0.1) is 17.2 Å². The van der Waals surface area contributed by atoms with Gasteiger partial charge in [-0.05, 0) is 12.3 Å². The molecular formula is C15H16N2O3S2. The molecule has 2 heterocycles. The molecule has 1 fully saturated rings. The Balaban J connectivity index is 1.60. The summed E-state index contributed by atoms with van der Waals surface area (Å²) >= 11 is 1.37. The third kappa shape index (κ3) is 3.72. The Labute approximate surface area is 133 Å². The van der Waals surface area contributed by atoms with Crippen LogP contribution in [0.1, 0.15) is 12.8 Å². The van der Waals surface area contributed by atoms with E-state index < -0.39 is 9.84 Å². The van der Waals surface area contributed by atoms with Crippen molar-refractivity contribution in [2.24, 2.45) is 5.92 Å². The lowest BCUT2D eigenvalue weighted by molar-refractivity contribution is -0.116. The number of hydrogen-bond acceptors (Lipinski definition) is 5. The number of thiazole rings is 1. The number of sulfone groups is 1. The lowest BCUT2D eigenvalue weighted by Gasteiger charge is -2.06. The summed E-state index contributed by atoms with van der Waals surface area (Å²) < 4.78 is 22.8. The van der Waals surface area contributed by atoms with Gasteiger partial charge in [0, 0.05) is 17.4 Å². The molecule has 1 aliphatic heterocycles. The third-order valence-corrected chi connectivity index (χ3v) is 6.22. The molecular weight excluding hydrogens is 320 g/mol. The Kier molecular flexibility index (Phi) is 4.26. The molecule has 3 rings (SSSR count). The Morgan fingerprint density at radius 3 is 2.77 bits per heavy atom. The molecule has 0 radical (unpaired) electrons. The largest absolute Gasteiger partial charge is 0.302 e. The van der Waals surface area contributed by atoms with Crippen molar-refractivity contribution in [2.45, 2.75) is 12.8 Å². The van der Waals surface area contributed by atoms with E-state index in [1.165, 1.54) is 11.3 Å². The first-order valence-corrected chi connectivity index (χ1v) is 9.73. The van der Waals surface area contributed by atoms with Crippen molar-refractivity contribution in [3.8, 4) is 11.3 Å². The number of benzene rings is 1. The first kappa shape index (κ1) is 15.2. The van der Waals surface area contributed by atoms with Crippen LogP contribution in [0, 0.1) is 5.92 Å². The monoisotopic (exact) mass is 336 g/mol. The number of hydrogen-bond donors (Lipinski definition) is 1. The van der Waals surface area contributed by atoms with Gasteiger partial charge in [-0.2, -0.15) is 0 Å². The van der Waals surface area contributed by atoms with Crippen molar-refractivity contribution in [2.75, 3.05) is 16.8 Å². The van der Waals surface area contributed by atoms with Crippen LogP contribution in [-0.2, 0) is 14.6 Å². The molecule has 1 amide bonds. The van der Waals surface area contributed by atoms with Gasteiger partial charge < -0.3 is 5.32 Å². The van der Waals surface area contributed by atoms with E-state index in [1.807, 2.05) is 35.7 Å². The fourth-order valence-electron chi connectivity index (χ4n) is 2.54. The topological polar surface area (TPSA) is 76.1 Å². The van der Waals surface area contributed by atoms with Gasteiger partial charge in [-0.25, -0.2) is 13.4 Å². The first-order chi connectivity index (χ1) is 10.5. The summed E-state index contributed by atoms with van der Waals surface area (Å²) in [5.74, 6) is 0.0723. The van der Waals surface area contributed by atoms with E-state index in [4.69, 9.17) is 0 Å². The van der Waals surface area contributed by atoms with Crippen molar-refractivity contribution in [1.82, 2.24) is 4.98 Å². The molecule has 0 spiro atoms. The molecule has 1 saturated heterocycles. The number of carbonyl (C=O) groups is 1. The number of carbonyl (C=O) groups excluding carboxylic acids is 1. The molecule has 5 nitrogen and oxygen atoms in total. The van der Waals surface area contributed by atoms with Crippen LogP contribution in [0.25, 0.3) is 11.3 Å². The zero-order chi connectivity index (χ0) is 15.6. The second-order valence-electron chi connectivity index (χ2n) is 5.43. The van der Waals surface area contributed by atoms with E-state index in [-0.39, 0.29) is 29.8 Å². The molecule has 2 aromatic rings. The minimum atomic E-state index is -2.94. The van der Waals surface area contributed by atoms with Crippen LogP contribution < -0.4 is 5.32 Å². The summed E-state index contributed by atoms with van der Waals surface area (Å²) in [6.45, 7) is 0. The van der Waals surface area contributed by atoms with E-state index in [0.29, 0.717) is 11.6 Å². The highest BCUT2D eigenvalue weighted by Crippen LogP contribution is 2.26. The minimum absolute atomic E-state index is 0.0708. The van der Waals surface area contributed by atoms with Gasteiger partial charge in [0.15, 0.2) is 15.0 Å². The van der Waals surface area contributed by atoms with Gasteiger partial charge in [-0.1, -0.05) is 30.3 Å². The van der Waals surface area contributed by atoms with Crippen molar-refractivity contribution in [3.05, 3.63) is 35.7 Å². The molecule has 1 aromatic carbocycles. The second-order valence-corrected chi connectivity index (χ2v) is 8.51. The zero-order valence-corrected chi connectivity index (χ0v) is 13.5. The lowest BCUT2D eigenvalue weighted by Crippen LogP contribution is -2.17. The Morgan fingerprint density at radius 2 is 2.09 bits per heavy atom. The molecule has 22 heavy (non-hydrogen) atoms. The summed E-state index contributed by atoms with van der Waals surface area (Å²) in [6, 6.07) is 9.74. The maximum Gasteiger partial charge on any atom is 0.226 e. The minimum Gasteiger partial charge on any atom is -0.302 e. The van der Waals surface area contributed by atoms with Crippen molar-refractivity contribution >= 4 is 32.2 Å². The predicted molar refractivity (Wildman–Crippen MR) is 87.6 cm³/mol. The summed E-state index contributed by atoms with van der Waals surface area (Å²) in [4.78, 5) is 16.4. The van der Waals surface area contributed by atoms with E-state index in [9.17, 15) is 13.2 Å². The molecule has 1 atom stereocenters. The average Bonchev–Trinajstić information content (AvgIpc) is 3.06.